The minimum Gasteiger partial charge on any atom is -0.393 e. The highest BCUT2D eigenvalue weighted by Crippen LogP contribution is 2.67. The van der Waals surface area contributed by atoms with Crippen LogP contribution in [0, 0.1) is 46.3 Å². The van der Waals surface area contributed by atoms with E-state index in [4.69, 9.17) is 0 Å². The van der Waals surface area contributed by atoms with Crippen molar-refractivity contribution < 1.29 is 5.11 Å². The highest BCUT2D eigenvalue weighted by molar-refractivity contribution is 5.25. The topological polar surface area (TPSA) is 20.2 Å². The van der Waals surface area contributed by atoms with E-state index in [1.807, 2.05) is 0 Å². The van der Waals surface area contributed by atoms with Crippen molar-refractivity contribution in [1.82, 2.24) is 0 Å². The van der Waals surface area contributed by atoms with Crippen LogP contribution in [0.5, 0.6) is 0 Å². The first-order chi connectivity index (χ1) is 16.3. The van der Waals surface area contributed by atoms with Crippen molar-refractivity contribution in [1.29, 1.82) is 0 Å². The third kappa shape index (κ3) is 5.50. The van der Waals surface area contributed by atoms with Crippen molar-refractivity contribution >= 4 is 0 Å². The average molecular weight is 471 g/mol. The van der Waals surface area contributed by atoms with Crippen LogP contribution >= 0.6 is 0 Å². The van der Waals surface area contributed by atoms with E-state index in [-0.39, 0.29) is 6.10 Å². The van der Waals surface area contributed by atoms with Crippen LogP contribution < -0.4 is 0 Å². The summed E-state index contributed by atoms with van der Waals surface area (Å²) in [5, 5.41) is 10.3. The molecule has 4 rings (SSSR count). The van der Waals surface area contributed by atoms with Gasteiger partial charge in [-0.1, -0.05) is 104 Å². The minimum atomic E-state index is -0.0775. The van der Waals surface area contributed by atoms with Gasteiger partial charge in [-0.25, -0.2) is 0 Å². The third-order valence-corrected chi connectivity index (χ3v) is 11.8. The lowest BCUT2D eigenvalue weighted by atomic mass is 9.47. The summed E-state index contributed by atoms with van der Waals surface area (Å²) in [7, 11) is 0. The van der Waals surface area contributed by atoms with E-state index in [1.54, 1.807) is 5.57 Å². The number of allylic oxidation sites excluding steroid dienone is 1. The molecule has 1 N–H and O–H groups in total. The zero-order valence-electron chi connectivity index (χ0n) is 23.6. The molecule has 4 aliphatic carbocycles. The number of hydrogen-bond donors (Lipinski definition) is 1. The second kappa shape index (κ2) is 11.4. The molecule has 0 aromatic heterocycles. The molecule has 0 saturated heterocycles. The molecule has 4 aliphatic rings. The van der Waals surface area contributed by atoms with Crippen molar-refractivity contribution in [3.8, 4) is 0 Å². The Morgan fingerprint density at radius 3 is 2.21 bits per heavy atom. The van der Waals surface area contributed by atoms with Crippen LogP contribution in [-0.4, -0.2) is 11.2 Å². The fraction of sp³-hybridized carbons (Fsp3) is 0.939. The molecule has 3 saturated carbocycles. The van der Waals surface area contributed by atoms with E-state index in [9.17, 15) is 5.11 Å². The van der Waals surface area contributed by atoms with Crippen LogP contribution in [0.3, 0.4) is 0 Å². The summed E-state index contributed by atoms with van der Waals surface area (Å²) < 4.78 is 0. The Hall–Kier alpha value is -0.300. The van der Waals surface area contributed by atoms with Gasteiger partial charge in [0.05, 0.1) is 6.10 Å². The second-order valence-electron chi connectivity index (χ2n) is 14.3. The maximum atomic E-state index is 10.3. The normalized spacial score (nSPS) is 40.4. The van der Waals surface area contributed by atoms with Crippen LogP contribution in [0.1, 0.15) is 144 Å². The van der Waals surface area contributed by atoms with Crippen molar-refractivity contribution in [2.75, 3.05) is 0 Å². The largest absolute Gasteiger partial charge is 0.393 e. The van der Waals surface area contributed by atoms with Gasteiger partial charge in [0.1, 0.15) is 0 Å². The maximum Gasteiger partial charge on any atom is 0.0577 e. The molecular weight excluding hydrogens is 412 g/mol. The summed E-state index contributed by atoms with van der Waals surface area (Å²) in [5.41, 5.74) is 2.61. The fourth-order valence-corrected chi connectivity index (χ4v) is 9.72. The summed E-state index contributed by atoms with van der Waals surface area (Å²) in [6, 6.07) is 0. The number of unbranched alkanes of at least 4 members (excludes halogenated alkanes) is 6. The molecule has 34 heavy (non-hydrogen) atoms. The zero-order valence-corrected chi connectivity index (χ0v) is 23.6. The van der Waals surface area contributed by atoms with E-state index < -0.39 is 0 Å². The lowest BCUT2D eigenvalue weighted by molar-refractivity contribution is -0.0572. The Labute approximate surface area is 212 Å². The van der Waals surface area contributed by atoms with Gasteiger partial charge in [-0.05, 0) is 97.7 Å². The SMILES string of the molecule is CC(C)CCCCCCCCC[C@@H](C)C1CC[C@H]2[C@@H]3CC=C4C[C@@H](O)CC[C@]4(C)[C@H]3CC[C@]12C. The van der Waals surface area contributed by atoms with Gasteiger partial charge < -0.3 is 5.11 Å². The van der Waals surface area contributed by atoms with E-state index in [1.165, 1.54) is 96.3 Å². The molecule has 1 nitrogen and oxygen atoms in total. The van der Waals surface area contributed by atoms with Crippen LogP contribution in [0.15, 0.2) is 11.6 Å². The molecule has 1 heteroatoms. The van der Waals surface area contributed by atoms with E-state index in [0.29, 0.717) is 10.8 Å². The van der Waals surface area contributed by atoms with Gasteiger partial charge in [-0.3, -0.25) is 0 Å². The summed E-state index contributed by atoms with van der Waals surface area (Å²) in [6.07, 6.45) is 26.0. The van der Waals surface area contributed by atoms with E-state index in [2.05, 4.69) is 40.7 Å². The van der Waals surface area contributed by atoms with Gasteiger partial charge in [0.25, 0.3) is 0 Å². The van der Waals surface area contributed by atoms with Crippen LogP contribution in [-0.2, 0) is 0 Å². The highest BCUT2D eigenvalue weighted by Gasteiger charge is 2.59. The van der Waals surface area contributed by atoms with Crippen molar-refractivity contribution in [2.24, 2.45) is 46.3 Å². The Morgan fingerprint density at radius 2 is 1.50 bits per heavy atom. The number of rotatable bonds is 11. The quantitative estimate of drug-likeness (QED) is 0.235. The molecule has 0 amide bonds. The molecular formula is C33H58O. The molecule has 196 valence electrons. The average Bonchev–Trinajstić information content (AvgIpc) is 3.15. The first-order valence-electron chi connectivity index (χ1n) is 15.6. The van der Waals surface area contributed by atoms with Gasteiger partial charge >= 0.3 is 0 Å². The summed E-state index contributed by atoms with van der Waals surface area (Å²) in [5.74, 6) is 5.49. The van der Waals surface area contributed by atoms with Gasteiger partial charge in [0.15, 0.2) is 0 Å². The Bertz CT molecular complexity index is 678. The lowest BCUT2D eigenvalue weighted by Gasteiger charge is -2.58. The number of hydrogen-bond acceptors (Lipinski definition) is 1. The van der Waals surface area contributed by atoms with Crippen molar-refractivity contribution in [2.45, 2.75) is 150 Å². The molecule has 8 atom stereocenters. The Balaban J connectivity index is 1.24. The third-order valence-electron chi connectivity index (χ3n) is 11.8. The van der Waals surface area contributed by atoms with Crippen LogP contribution in [0.4, 0.5) is 0 Å². The first-order valence-corrected chi connectivity index (χ1v) is 15.6. The van der Waals surface area contributed by atoms with E-state index in [0.717, 1.165) is 48.3 Å². The summed E-state index contributed by atoms with van der Waals surface area (Å²) in [4.78, 5) is 0. The zero-order chi connectivity index (χ0) is 24.3. The van der Waals surface area contributed by atoms with Gasteiger partial charge in [-0.15, -0.1) is 0 Å². The van der Waals surface area contributed by atoms with Crippen molar-refractivity contribution in [3.05, 3.63) is 11.6 Å². The number of aliphatic hydroxyl groups is 1. The molecule has 0 radical (unpaired) electrons. The Morgan fingerprint density at radius 1 is 0.824 bits per heavy atom. The monoisotopic (exact) mass is 470 g/mol. The molecule has 0 aliphatic heterocycles. The van der Waals surface area contributed by atoms with Gasteiger partial charge in [0, 0.05) is 0 Å². The van der Waals surface area contributed by atoms with Crippen LogP contribution in [0.25, 0.3) is 0 Å². The number of fused-ring (bicyclic) bond motifs is 5. The molecule has 0 aromatic rings. The lowest BCUT2D eigenvalue weighted by Crippen LogP contribution is -2.50. The highest BCUT2D eigenvalue weighted by atomic mass is 16.3. The molecule has 3 fully saturated rings. The van der Waals surface area contributed by atoms with Crippen molar-refractivity contribution in [3.63, 3.8) is 0 Å². The second-order valence-corrected chi connectivity index (χ2v) is 14.3. The Kier molecular flexibility index (Phi) is 8.97. The molecule has 0 spiro atoms. The minimum absolute atomic E-state index is 0.0775. The summed E-state index contributed by atoms with van der Waals surface area (Å²) in [6.45, 7) is 12.6. The predicted octanol–water partition coefficient (Wildman–Crippen LogP) is 9.73. The van der Waals surface area contributed by atoms with Crippen LogP contribution in [0.2, 0.25) is 0 Å². The smallest absolute Gasteiger partial charge is 0.0577 e. The van der Waals surface area contributed by atoms with E-state index >= 15 is 0 Å². The molecule has 0 heterocycles. The molecule has 1 unspecified atom stereocenters. The van der Waals surface area contributed by atoms with Gasteiger partial charge in [0.2, 0.25) is 0 Å². The molecule has 0 aromatic carbocycles. The standard InChI is InChI=1S/C33H58O/c1-24(2)13-11-9-7-6-8-10-12-14-25(3)29-17-18-30-28-16-15-26-23-27(34)19-21-32(26,4)31(28)20-22-33(29,30)5/h15,24-25,27-31,34H,6-14,16-23H2,1-5H3/t25-,27+,28+,29?,30+,31+,32+,33-/m1/s1. The first kappa shape index (κ1) is 26.8. The predicted molar refractivity (Wildman–Crippen MR) is 147 cm³/mol. The fourth-order valence-electron chi connectivity index (χ4n) is 9.72. The number of aliphatic hydroxyl groups excluding tert-OH is 1. The maximum absolute atomic E-state index is 10.3. The summed E-state index contributed by atoms with van der Waals surface area (Å²) >= 11 is 0. The molecule has 0 bridgehead atoms. The van der Waals surface area contributed by atoms with Gasteiger partial charge in [-0.2, -0.15) is 0 Å².